The van der Waals surface area contributed by atoms with Crippen LogP contribution in [-0.2, 0) is 4.79 Å². The number of rotatable bonds is 12. The van der Waals surface area contributed by atoms with E-state index in [0.717, 1.165) is 6.42 Å². The van der Waals surface area contributed by atoms with Crippen LogP contribution in [0.2, 0.25) is 0 Å². The lowest BCUT2D eigenvalue weighted by atomic mass is 10.1. The average molecular weight is 252 g/mol. The van der Waals surface area contributed by atoms with Crippen LogP contribution in [0, 0.1) is 0 Å². The van der Waals surface area contributed by atoms with Crippen LogP contribution in [0.15, 0.2) is 24.3 Å². The van der Waals surface area contributed by atoms with Crippen LogP contribution in [0.25, 0.3) is 0 Å². The summed E-state index contributed by atoms with van der Waals surface area (Å²) in [5, 5.41) is 8.42. The first-order valence-corrected chi connectivity index (χ1v) is 7.30. The van der Waals surface area contributed by atoms with Crippen LogP contribution < -0.4 is 0 Å². The van der Waals surface area contributed by atoms with E-state index < -0.39 is 5.97 Å². The maximum Gasteiger partial charge on any atom is 0.307 e. The molecule has 0 saturated heterocycles. The second-order valence-corrected chi connectivity index (χ2v) is 4.72. The number of carboxylic acid groups (broad SMARTS) is 1. The Kier molecular flexibility index (Phi) is 13.2. The zero-order valence-corrected chi connectivity index (χ0v) is 11.7. The molecule has 2 nitrogen and oxygen atoms in total. The molecule has 0 bridgehead atoms. The monoisotopic (exact) mass is 252 g/mol. The molecule has 0 aliphatic rings. The van der Waals surface area contributed by atoms with Gasteiger partial charge in [0.05, 0.1) is 6.42 Å². The molecule has 18 heavy (non-hydrogen) atoms. The van der Waals surface area contributed by atoms with Gasteiger partial charge < -0.3 is 5.11 Å². The van der Waals surface area contributed by atoms with Crippen LogP contribution >= 0.6 is 0 Å². The number of unbranched alkanes of at least 4 members (excludes halogenated alkanes) is 8. The van der Waals surface area contributed by atoms with Crippen molar-refractivity contribution in [1.29, 1.82) is 0 Å². The Morgan fingerprint density at radius 3 is 2.06 bits per heavy atom. The summed E-state index contributed by atoms with van der Waals surface area (Å²) in [6.07, 6.45) is 19.6. The standard InChI is InChI=1S/C16H28O2/c1-2-3-4-5-6-7-8-9-10-11-12-13-14-15-16(17)18/h11-14H,2-10,15H2,1H3,(H,17,18). The largest absolute Gasteiger partial charge is 0.481 e. The van der Waals surface area contributed by atoms with Crippen molar-refractivity contribution in [3.8, 4) is 0 Å². The molecule has 0 aliphatic carbocycles. The van der Waals surface area contributed by atoms with Gasteiger partial charge >= 0.3 is 5.97 Å². The molecule has 0 fully saturated rings. The maximum absolute atomic E-state index is 10.2. The molecule has 0 aromatic carbocycles. The Balaban J connectivity index is 3.17. The van der Waals surface area contributed by atoms with E-state index in [4.69, 9.17) is 5.11 Å². The van der Waals surface area contributed by atoms with Crippen molar-refractivity contribution in [2.24, 2.45) is 0 Å². The van der Waals surface area contributed by atoms with E-state index in [1.165, 1.54) is 51.4 Å². The van der Waals surface area contributed by atoms with E-state index in [0.29, 0.717) is 0 Å². The third kappa shape index (κ3) is 14.9. The minimum Gasteiger partial charge on any atom is -0.481 e. The Morgan fingerprint density at radius 2 is 1.44 bits per heavy atom. The highest BCUT2D eigenvalue weighted by Crippen LogP contribution is 2.09. The quantitative estimate of drug-likeness (QED) is 0.387. The molecule has 0 unspecified atom stereocenters. The van der Waals surface area contributed by atoms with Crippen LogP contribution in [0.1, 0.15) is 71.1 Å². The fraction of sp³-hybridized carbons (Fsp3) is 0.688. The van der Waals surface area contributed by atoms with E-state index in [-0.39, 0.29) is 6.42 Å². The Bertz CT molecular complexity index is 241. The van der Waals surface area contributed by atoms with Gasteiger partial charge in [0.1, 0.15) is 0 Å². The molecule has 0 saturated carbocycles. The zero-order valence-electron chi connectivity index (χ0n) is 11.7. The highest BCUT2D eigenvalue weighted by molar-refractivity contribution is 5.68. The van der Waals surface area contributed by atoms with Gasteiger partial charge in [0.2, 0.25) is 0 Å². The summed E-state index contributed by atoms with van der Waals surface area (Å²) in [6.45, 7) is 2.25. The molecule has 0 radical (unpaired) electrons. The highest BCUT2D eigenvalue weighted by Gasteiger charge is 1.90. The van der Waals surface area contributed by atoms with Gasteiger partial charge in [-0.1, -0.05) is 76.2 Å². The fourth-order valence-electron chi connectivity index (χ4n) is 1.82. The molecule has 0 aromatic rings. The molecule has 0 rings (SSSR count). The second kappa shape index (κ2) is 14.0. The maximum atomic E-state index is 10.2. The normalized spacial score (nSPS) is 11.6. The molecule has 0 aromatic heterocycles. The van der Waals surface area contributed by atoms with Gasteiger partial charge in [-0.25, -0.2) is 0 Å². The number of carboxylic acids is 1. The minimum atomic E-state index is -0.775. The van der Waals surface area contributed by atoms with Gasteiger partial charge in [-0.05, 0) is 12.8 Å². The molecule has 104 valence electrons. The Morgan fingerprint density at radius 1 is 0.889 bits per heavy atom. The van der Waals surface area contributed by atoms with Crippen LogP contribution in [0.3, 0.4) is 0 Å². The molecule has 0 aliphatic heterocycles. The van der Waals surface area contributed by atoms with E-state index in [1.807, 2.05) is 12.2 Å². The predicted octanol–water partition coefficient (Wildman–Crippen LogP) is 5.10. The topological polar surface area (TPSA) is 37.3 Å². The summed E-state index contributed by atoms with van der Waals surface area (Å²) in [6, 6.07) is 0. The van der Waals surface area contributed by atoms with Crippen LogP contribution in [-0.4, -0.2) is 11.1 Å². The first-order chi connectivity index (χ1) is 8.77. The molecule has 0 spiro atoms. The SMILES string of the molecule is CCCCCCCCCCC=CC=CCC(=O)O. The highest BCUT2D eigenvalue weighted by atomic mass is 16.4. The van der Waals surface area contributed by atoms with Crippen molar-refractivity contribution in [3.05, 3.63) is 24.3 Å². The summed E-state index contributed by atoms with van der Waals surface area (Å²) in [4.78, 5) is 10.2. The van der Waals surface area contributed by atoms with Crippen molar-refractivity contribution in [3.63, 3.8) is 0 Å². The zero-order chi connectivity index (χ0) is 13.5. The molecular formula is C16H28O2. The minimum absolute atomic E-state index is 0.113. The second-order valence-electron chi connectivity index (χ2n) is 4.72. The van der Waals surface area contributed by atoms with Gasteiger partial charge in [0.25, 0.3) is 0 Å². The van der Waals surface area contributed by atoms with E-state index in [2.05, 4.69) is 13.0 Å². The molecular weight excluding hydrogens is 224 g/mol. The van der Waals surface area contributed by atoms with Gasteiger partial charge in [0, 0.05) is 0 Å². The first kappa shape index (κ1) is 16.9. The van der Waals surface area contributed by atoms with Crippen LogP contribution in [0.5, 0.6) is 0 Å². The fourth-order valence-corrected chi connectivity index (χ4v) is 1.82. The van der Waals surface area contributed by atoms with Crippen molar-refractivity contribution in [1.82, 2.24) is 0 Å². The van der Waals surface area contributed by atoms with E-state index in [1.54, 1.807) is 6.08 Å². The lowest BCUT2D eigenvalue weighted by Gasteiger charge is -1.99. The van der Waals surface area contributed by atoms with Gasteiger partial charge in [-0.2, -0.15) is 0 Å². The molecule has 0 amide bonds. The van der Waals surface area contributed by atoms with Gasteiger partial charge in [-0.3, -0.25) is 4.79 Å². The summed E-state index contributed by atoms with van der Waals surface area (Å²) in [5.74, 6) is -0.775. The number of hydrogen-bond donors (Lipinski definition) is 1. The lowest BCUT2D eigenvalue weighted by molar-refractivity contribution is -0.135. The Hall–Kier alpha value is -1.05. The summed E-state index contributed by atoms with van der Waals surface area (Å²) < 4.78 is 0. The first-order valence-electron chi connectivity index (χ1n) is 7.30. The van der Waals surface area contributed by atoms with E-state index >= 15 is 0 Å². The summed E-state index contributed by atoms with van der Waals surface area (Å²) in [7, 11) is 0. The smallest absolute Gasteiger partial charge is 0.307 e. The number of carbonyl (C=O) groups is 1. The lowest BCUT2D eigenvalue weighted by Crippen LogP contribution is -1.89. The number of aliphatic carboxylic acids is 1. The third-order valence-corrected chi connectivity index (χ3v) is 2.90. The summed E-state index contributed by atoms with van der Waals surface area (Å²) >= 11 is 0. The van der Waals surface area contributed by atoms with Crippen molar-refractivity contribution in [2.45, 2.75) is 71.1 Å². The van der Waals surface area contributed by atoms with Crippen molar-refractivity contribution >= 4 is 5.97 Å². The van der Waals surface area contributed by atoms with Crippen molar-refractivity contribution < 1.29 is 9.90 Å². The molecule has 0 atom stereocenters. The molecule has 0 heterocycles. The van der Waals surface area contributed by atoms with E-state index in [9.17, 15) is 4.79 Å². The van der Waals surface area contributed by atoms with Gasteiger partial charge in [-0.15, -0.1) is 0 Å². The number of allylic oxidation sites excluding steroid dienone is 3. The molecule has 1 N–H and O–H groups in total. The van der Waals surface area contributed by atoms with Crippen LogP contribution in [0.4, 0.5) is 0 Å². The molecule has 2 heteroatoms. The summed E-state index contributed by atoms with van der Waals surface area (Å²) in [5.41, 5.74) is 0. The van der Waals surface area contributed by atoms with Crippen molar-refractivity contribution in [2.75, 3.05) is 0 Å². The predicted molar refractivity (Wildman–Crippen MR) is 77.8 cm³/mol. The van der Waals surface area contributed by atoms with Gasteiger partial charge in [0.15, 0.2) is 0 Å². The third-order valence-electron chi connectivity index (χ3n) is 2.90. The average Bonchev–Trinajstić information content (AvgIpc) is 2.34. The Labute approximate surface area is 112 Å². The number of hydrogen-bond acceptors (Lipinski definition) is 1.